The SMILES string of the molecule is CCSc1cccc(Nc2nc(C)c(C)s2)c1C(N)=S. The minimum absolute atomic E-state index is 0.411. The fourth-order valence-electron chi connectivity index (χ4n) is 1.81. The van der Waals surface area contributed by atoms with Crippen LogP contribution in [0.4, 0.5) is 10.8 Å². The predicted octanol–water partition coefficient (Wildman–Crippen LogP) is 4.25. The summed E-state index contributed by atoms with van der Waals surface area (Å²) < 4.78 is 0. The largest absolute Gasteiger partial charge is 0.389 e. The fourth-order valence-corrected chi connectivity index (χ4v) is 3.77. The Morgan fingerprint density at radius 3 is 2.75 bits per heavy atom. The fraction of sp³-hybridized carbons (Fsp3) is 0.286. The van der Waals surface area contributed by atoms with Crippen LogP contribution in [0, 0.1) is 13.8 Å². The topological polar surface area (TPSA) is 50.9 Å². The van der Waals surface area contributed by atoms with Gasteiger partial charge in [-0.15, -0.1) is 23.1 Å². The number of thioether (sulfide) groups is 1. The van der Waals surface area contributed by atoms with Gasteiger partial charge in [0.25, 0.3) is 0 Å². The van der Waals surface area contributed by atoms with Crippen LogP contribution in [0.1, 0.15) is 23.1 Å². The van der Waals surface area contributed by atoms with Gasteiger partial charge in [0.2, 0.25) is 0 Å². The molecular formula is C14H17N3S3. The molecule has 3 nitrogen and oxygen atoms in total. The third kappa shape index (κ3) is 3.31. The molecule has 0 fully saturated rings. The Balaban J connectivity index is 2.40. The Hall–Kier alpha value is -1.11. The van der Waals surface area contributed by atoms with Gasteiger partial charge in [-0.2, -0.15) is 0 Å². The zero-order valence-electron chi connectivity index (χ0n) is 11.7. The van der Waals surface area contributed by atoms with Crippen molar-refractivity contribution in [1.82, 2.24) is 4.98 Å². The molecule has 0 bridgehead atoms. The Bertz CT molecular complexity index is 615. The van der Waals surface area contributed by atoms with Crippen molar-refractivity contribution < 1.29 is 0 Å². The number of aromatic nitrogens is 1. The summed E-state index contributed by atoms with van der Waals surface area (Å²) in [4.78, 5) is 7.23. The number of aryl methyl sites for hydroxylation is 2. The van der Waals surface area contributed by atoms with Gasteiger partial charge >= 0.3 is 0 Å². The first-order valence-electron chi connectivity index (χ1n) is 6.29. The van der Waals surface area contributed by atoms with Gasteiger partial charge in [0.15, 0.2) is 5.13 Å². The molecule has 0 radical (unpaired) electrons. The van der Waals surface area contributed by atoms with Crippen molar-refractivity contribution in [1.29, 1.82) is 0 Å². The van der Waals surface area contributed by atoms with Crippen LogP contribution in [0.15, 0.2) is 23.1 Å². The smallest absolute Gasteiger partial charge is 0.187 e. The summed E-state index contributed by atoms with van der Waals surface area (Å²) in [7, 11) is 0. The summed E-state index contributed by atoms with van der Waals surface area (Å²) in [5, 5.41) is 4.21. The van der Waals surface area contributed by atoms with Crippen LogP contribution < -0.4 is 11.1 Å². The van der Waals surface area contributed by atoms with Gasteiger partial charge in [-0.3, -0.25) is 0 Å². The third-order valence-corrected chi connectivity index (χ3v) is 4.97. The number of nitrogens with zero attached hydrogens (tertiary/aromatic N) is 1. The van der Waals surface area contributed by atoms with Crippen molar-refractivity contribution in [3.63, 3.8) is 0 Å². The van der Waals surface area contributed by atoms with Gasteiger partial charge in [0.05, 0.1) is 11.4 Å². The molecule has 0 saturated heterocycles. The number of thiazole rings is 1. The molecule has 2 aromatic rings. The van der Waals surface area contributed by atoms with E-state index in [0.717, 1.165) is 32.7 Å². The number of rotatable bonds is 5. The molecule has 0 aliphatic heterocycles. The lowest BCUT2D eigenvalue weighted by Gasteiger charge is -2.13. The molecule has 0 spiro atoms. The Labute approximate surface area is 133 Å². The number of thiocarbonyl (C=S) groups is 1. The first-order chi connectivity index (χ1) is 9.52. The standard InChI is InChI=1S/C14H17N3S3/c1-4-19-11-7-5-6-10(12(11)13(15)18)17-14-16-8(2)9(3)20-14/h5-7H,4H2,1-3H3,(H2,15,18)(H,16,17). The second-order valence-electron chi connectivity index (χ2n) is 4.26. The van der Waals surface area contributed by atoms with Crippen LogP contribution in [0.5, 0.6) is 0 Å². The average molecular weight is 324 g/mol. The van der Waals surface area contributed by atoms with Crippen molar-refractivity contribution >= 4 is 51.1 Å². The molecule has 1 heterocycles. The van der Waals surface area contributed by atoms with E-state index in [1.54, 1.807) is 23.1 Å². The molecule has 0 aliphatic carbocycles. The second-order valence-corrected chi connectivity index (χ2v) is 7.21. The first kappa shape index (κ1) is 15.3. The molecule has 20 heavy (non-hydrogen) atoms. The molecule has 3 N–H and O–H groups in total. The van der Waals surface area contributed by atoms with Crippen LogP contribution in [0.2, 0.25) is 0 Å². The molecule has 1 aromatic heterocycles. The lowest BCUT2D eigenvalue weighted by molar-refractivity contribution is 1.22. The summed E-state index contributed by atoms with van der Waals surface area (Å²) in [6, 6.07) is 6.04. The normalized spacial score (nSPS) is 10.6. The zero-order valence-corrected chi connectivity index (χ0v) is 14.1. The lowest BCUT2D eigenvalue weighted by atomic mass is 10.2. The summed E-state index contributed by atoms with van der Waals surface area (Å²) >= 11 is 8.58. The predicted molar refractivity (Wildman–Crippen MR) is 93.6 cm³/mol. The van der Waals surface area contributed by atoms with Crippen LogP contribution in [-0.4, -0.2) is 15.7 Å². The molecule has 0 atom stereocenters. The minimum atomic E-state index is 0.411. The zero-order chi connectivity index (χ0) is 14.7. The number of anilines is 2. The highest BCUT2D eigenvalue weighted by atomic mass is 32.2. The van der Waals surface area contributed by atoms with E-state index in [2.05, 4.69) is 24.1 Å². The Morgan fingerprint density at radius 2 is 2.20 bits per heavy atom. The maximum atomic E-state index is 5.90. The summed E-state index contributed by atoms with van der Waals surface area (Å²) in [6.07, 6.45) is 0. The third-order valence-electron chi connectivity index (χ3n) is 2.84. The monoisotopic (exact) mass is 323 g/mol. The quantitative estimate of drug-likeness (QED) is 0.636. The van der Waals surface area contributed by atoms with Crippen molar-refractivity contribution in [2.75, 3.05) is 11.1 Å². The van der Waals surface area contributed by atoms with Crippen LogP contribution in [0.25, 0.3) is 0 Å². The number of nitrogens with one attached hydrogen (secondary N) is 1. The average Bonchev–Trinajstić information content (AvgIpc) is 2.68. The van der Waals surface area contributed by atoms with Crippen LogP contribution in [0.3, 0.4) is 0 Å². The van der Waals surface area contributed by atoms with E-state index < -0.39 is 0 Å². The molecule has 0 saturated carbocycles. The van der Waals surface area contributed by atoms with Crippen molar-refractivity contribution in [2.24, 2.45) is 5.73 Å². The number of nitrogens with two attached hydrogens (primary N) is 1. The highest BCUT2D eigenvalue weighted by Crippen LogP contribution is 2.32. The van der Waals surface area contributed by atoms with Gasteiger partial charge in [0.1, 0.15) is 4.99 Å². The molecule has 106 valence electrons. The summed E-state index contributed by atoms with van der Waals surface area (Å²) in [5.41, 5.74) is 8.77. The van der Waals surface area contributed by atoms with Crippen molar-refractivity contribution in [3.8, 4) is 0 Å². The van der Waals surface area contributed by atoms with E-state index >= 15 is 0 Å². The van der Waals surface area contributed by atoms with Crippen molar-refractivity contribution in [2.45, 2.75) is 25.7 Å². The summed E-state index contributed by atoms with van der Waals surface area (Å²) in [5.74, 6) is 0.981. The molecule has 1 aromatic carbocycles. The molecule has 2 rings (SSSR count). The van der Waals surface area contributed by atoms with E-state index in [-0.39, 0.29) is 0 Å². The Morgan fingerprint density at radius 1 is 1.45 bits per heavy atom. The number of hydrogen-bond donors (Lipinski definition) is 2. The Kier molecular flexibility index (Phi) is 5.01. The van der Waals surface area contributed by atoms with Crippen molar-refractivity contribution in [3.05, 3.63) is 34.3 Å². The molecule has 0 unspecified atom stereocenters. The van der Waals surface area contributed by atoms with E-state index in [0.29, 0.717) is 4.99 Å². The maximum absolute atomic E-state index is 5.90. The minimum Gasteiger partial charge on any atom is -0.389 e. The first-order valence-corrected chi connectivity index (χ1v) is 8.50. The molecule has 0 amide bonds. The highest BCUT2D eigenvalue weighted by Gasteiger charge is 2.13. The van der Waals surface area contributed by atoms with E-state index in [4.69, 9.17) is 18.0 Å². The van der Waals surface area contributed by atoms with E-state index in [1.165, 1.54) is 4.88 Å². The van der Waals surface area contributed by atoms with Gasteiger partial charge in [-0.05, 0) is 31.7 Å². The van der Waals surface area contributed by atoms with Gasteiger partial charge < -0.3 is 11.1 Å². The highest BCUT2D eigenvalue weighted by molar-refractivity contribution is 7.99. The lowest BCUT2D eigenvalue weighted by Crippen LogP contribution is -2.13. The molecule has 6 heteroatoms. The second kappa shape index (κ2) is 6.56. The maximum Gasteiger partial charge on any atom is 0.187 e. The van der Waals surface area contributed by atoms with Gasteiger partial charge in [-0.25, -0.2) is 4.98 Å². The van der Waals surface area contributed by atoms with Gasteiger partial charge in [0, 0.05) is 15.3 Å². The summed E-state index contributed by atoms with van der Waals surface area (Å²) in [6.45, 7) is 6.19. The number of benzene rings is 1. The van der Waals surface area contributed by atoms with Crippen LogP contribution >= 0.6 is 35.3 Å². The molecular weight excluding hydrogens is 306 g/mol. The van der Waals surface area contributed by atoms with E-state index in [1.807, 2.05) is 25.1 Å². The van der Waals surface area contributed by atoms with Gasteiger partial charge in [-0.1, -0.05) is 25.2 Å². The van der Waals surface area contributed by atoms with Crippen LogP contribution in [-0.2, 0) is 0 Å². The number of hydrogen-bond acceptors (Lipinski definition) is 5. The molecule has 0 aliphatic rings. The van der Waals surface area contributed by atoms with E-state index in [9.17, 15) is 0 Å².